The Kier molecular flexibility index (Phi) is 6.47. The lowest BCUT2D eigenvalue weighted by molar-refractivity contribution is 0.219. The summed E-state index contributed by atoms with van der Waals surface area (Å²) in [5.74, 6) is -0.533. The van der Waals surface area contributed by atoms with Crippen LogP contribution in [0.5, 0.6) is 0 Å². The lowest BCUT2D eigenvalue weighted by Crippen LogP contribution is -2.16. The fourth-order valence-electron chi connectivity index (χ4n) is 4.02. The highest BCUT2D eigenvalue weighted by Crippen LogP contribution is 2.51. The van der Waals surface area contributed by atoms with Crippen LogP contribution in [0.3, 0.4) is 0 Å². The minimum atomic E-state index is -3.19. The van der Waals surface area contributed by atoms with Crippen LogP contribution < -0.4 is 5.32 Å². The first-order valence-electron chi connectivity index (χ1n) is 10.6. The highest BCUT2D eigenvalue weighted by Gasteiger charge is 2.25. The molecule has 9 heteroatoms. The Labute approximate surface area is 185 Å². The van der Waals surface area contributed by atoms with Crippen molar-refractivity contribution in [3.8, 4) is 0 Å². The van der Waals surface area contributed by atoms with E-state index in [-0.39, 0.29) is 6.16 Å². The van der Waals surface area contributed by atoms with E-state index in [0.29, 0.717) is 48.7 Å². The molecule has 0 unspecified atom stereocenters. The number of hydrogen-bond donors (Lipinski definition) is 1. The van der Waals surface area contributed by atoms with E-state index < -0.39 is 19.2 Å². The van der Waals surface area contributed by atoms with Crippen LogP contribution in [-0.4, -0.2) is 23.6 Å². The smallest absolute Gasteiger partial charge is 0.335 e. The Balaban J connectivity index is 1.65. The average Bonchev–Trinajstić information content (AvgIpc) is 3.02. The fraction of sp³-hybridized carbons (Fsp3) is 0.348. The van der Waals surface area contributed by atoms with Gasteiger partial charge in [-0.2, -0.15) is 0 Å². The third kappa shape index (κ3) is 4.49. The van der Waals surface area contributed by atoms with Crippen molar-refractivity contribution in [1.29, 1.82) is 0 Å². The van der Waals surface area contributed by atoms with E-state index in [1.165, 1.54) is 6.07 Å². The molecule has 0 saturated heterocycles. The van der Waals surface area contributed by atoms with Crippen LogP contribution in [0.4, 0.5) is 14.5 Å². The number of anilines is 1. The van der Waals surface area contributed by atoms with Gasteiger partial charge in [0.15, 0.2) is 0 Å². The number of aliphatic imine (C=N–C) groups is 1. The zero-order valence-corrected chi connectivity index (χ0v) is 19.2. The number of nitrogens with one attached hydrogen (secondary N) is 1. The van der Waals surface area contributed by atoms with E-state index >= 15 is 0 Å². The molecule has 2 heterocycles. The predicted molar refractivity (Wildman–Crippen MR) is 122 cm³/mol. The zero-order valence-electron chi connectivity index (χ0n) is 18.3. The first-order chi connectivity index (χ1) is 15.3. The summed E-state index contributed by atoms with van der Waals surface area (Å²) in [6.07, 6.45) is 0.186. The van der Waals surface area contributed by atoms with E-state index in [9.17, 15) is 13.3 Å². The second-order valence-corrected chi connectivity index (χ2v) is 9.69. The first-order valence-corrected chi connectivity index (χ1v) is 12.3. The Morgan fingerprint density at radius 2 is 1.75 bits per heavy atom. The van der Waals surface area contributed by atoms with Crippen LogP contribution in [0.15, 0.2) is 41.4 Å². The molecular weight excluding hydrogens is 435 g/mol. The van der Waals surface area contributed by atoms with Crippen molar-refractivity contribution >= 4 is 30.0 Å². The third-order valence-electron chi connectivity index (χ3n) is 5.35. The standard InChI is InChI=1S/C23H26F2N3O3P/c1-4-30-32(29,31-5-2)14-17-8-6-16(7-9-17)13-28-20-11-18(24)10-19(25)22(20)23-21(28)12-26-15(3)27-23/h6-11H,4-5,12-14H2,1-3H3,(H,26,27). The van der Waals surface area contributed by atoms with Crippen LogP contribution in [0.25, 0.3) is 10.9 Å². The van der Waals surface area contributed by atoms with Crippen LogP contribution in [0.1, 0.15) is 37.6 Å². The number of fused-ring (bicyclic) bond motifs is 3. The topological polar surface area (TPSA) is 64.8 Å². The molecule has 1 aromatic heterocycles. The van der Waals surface area contributed by atoms with Crippen molar-refractivity contribution in [2.75, 3.05) is 18.5 Å². The van der Waals surface area contributed by atoms with Crippen LogP contribution in [0.2, 0.25) is 0 Å². The molecule has 6 nitrogen and oxygen atoms in total. The second-order valence-electron chi connectivity index (χ2n) is 7.64. The van der Waals surface area contributed by atoms with E-state index in [0.717, 1.165) is 22.9 Å². The molecule has 3 aromatic rings. The lowest BCUT2D eigenvalue weighted by atomic mass is 10.1. The summed E-state index contributed by atoms with van der Waals surface area (Å²) in [5, 5.41) is 3.50. The van der Waals surface area contributed by atoms with Gasteiger partial charge in [0, 0.05) is 12.6 Å². The summed E-state index contributed by atoms with van der Waals surface area (Å²) >= 11 is 0. The second kappa shape index (κ2) is 9.14. The van der Waals surface area contributed by atoms with E-state index in [4.69, 9.17) is 9.05 Å². The van der Waals surface area contributed by atoms with Gasteiger partial charge < -0.3 is 18.9 Å². The summed E-state index contributed by atoms with van der Waals surface area (Å²) in [5.41, 5.74) is 3.68. The zero-order chi connectivity index (χ0) is 22.9. The molecule has 0 amide bonds. The van der Waals surface area contributed by atoms with Gasteiger partial charge in [-0.3, -0.25) is 9.56 Å². The molecule has 0 fully saturated rings. The Bertz CT molecular complexity index is 1210. The number of hydrogen-bond acceptors (Lipinski definition) is 5. The Morgan fingerprint density at radius 3 is 2.41 bits per heavy atom. The van der Waals surface area contributed by atoms with Gasteiger partial charge in [-0.15, -0.1) is 0 Å². The van der Waals surface area contributed by atoms with Crippen molar-refractivity contribution in [2.24, 2.45) is 4.99 Å². The molecule has 0 atom stereocenters. The molecule has 1 aliphatic heterocycles. The Morgan fingerprint density at radius 1 is 1.09 bits per heavy atom. The summed E-state index contributed by atoms with van der Waals surface area (Å²) in [7, 11) is -3.19. The minimum Gasteiger partial charge on any atom is -0.342 e. The van der Waals surface area contributed by atoms with Gasteiger partial charge in [0.1, 0.15) is 11.6 Å². The van der Waals surface area contributed by atoms with Crippen molar-refractivity contribution in [3.05, 3.63) is 64.9 Å². The van der Waals surface area contributed by atoms with Crippen LogP contribution in [0, 0.1) is 11.6 Å². The molecule has 1 N–H and O–H groups in total. The van der Waals surface area contributed by atoms with Crippen molar-refractivity contribution < 1.29 is 22.4 Å². The normalized spacial score (nSPS) is 13.7. The van der Waals surface area contributed by atoms with Crippen LogP contribution >= 0.6 is 7.60 Å². The average molecular weight is 461 g/mol. The van der Waals surface area contributed by atoms with E-state index in [1.54, 1.807) is 13.8 Å². The number of aromatic nitrogens is 1. The molecule has 0 bridgehead atoms. The van der Waals surface area contributed by atoms with Crippen molar-refractivity contribution in [3.63, 3.8) is 0 Å². The summed E-state index contributed by atoms with van der Waals surface area (Å²) in [4.78, 5) is 4.42. The number of rotatable bonds is 8. The summed E-state index contributed by atoms with van der Waals surface area (Å²) < 4.78 is 54.1. The number of nitrogens with zero attached hydrogens (tertiary/aromatic N) is 2. The van der Waals surface area contributed by atoms with Gasteiger partial charge in [0.2, 0.25) is 0 Å². The van der Waals surface area contributed by atoms with Gasteiger partial charge in [-0.05, 0) is 38.0 Å². The van der Waals surface area contributed by atoms with Crippen molar-refractivity contribution in [2.45, 2.75) is 40.0 Å². The molecule has 0 aliphatic carbocycles. The monoisotopic (exact) mass is 461 g/mol. The molecule has 0 radical (unpaired) electrons. The predicted octanol–water partition coefficient (Wildman–Crippen LogP) is 6.08. The molecule has 1 aliphatic rings. The number of benzene rings is 2. The maximum atomic E-state index is 14.7. The first kappa shape index (κ1) is 22.6. The van der Waals surface area contributed by atoms with Gasteiger partial charge in [-0.1, -0.05) is 24.3 Å². The summed E-state index contributed by atoms with van der Waals surface area (Å²) in [6.45, 7) is 6.80. The molecule has 32 heavy (non-hydrogen) atoms. The molecule has 0 saturated carbocycles. The van der Waals surface area contributed by atoms with E-state index in [2.05, 4.69) is 10.3 Å². The Hall–Kier alpha value is -2.54. The van der Waals surface area contributed by atoms with E-state index in [1.807, 2.05) is 35.8 Å². The van der Waals surface area contributed by atoms with Gasteiger partial charge in [0.25, 0.3) is 0 Å². The molecule has 4 rings (SSSR count). The molecule has 0 spiro atoms. The third-order valence-corrected chi connectivity index (χ3v) is 7.41. The van der Waals surface area contributed by atoms with Crippen LogP contribution in [-0.2, 0) is 32.9 Å². The lowest BCUT2D eigenvalue weighted by Gasteiger charge is -2.18. The maximum absolute atomic E-state index is 14.7. The minimum absolute atomic E-state index is 0.186. The maximum Gasteiger partial charge on any atom is 0.335 e. The van der Waals surface area contributed by atoms with Gasteiger partial charge in [0.05, 0.1) is 54.0 Å². The number of halogens is 2. The SMILES string of the molecule is CCOP(=O)(Cc1ccc(Cn2c3c(c4c(F)cc(F)cc42)NC(C)=NC3)cc1)OCC. The molecule has 170 valence electrons. The highest BCUT2D eigenvalue weighted by molar-refractivity contribution is 7.53. The summed E-state index contributed by atoms with van der Waals surface area (Å²) in [6, 6.07) is 9.83. The molecular formula is C23H26F2N3O3P. The van der Waals surface area contributed by atoms with Crippen molar-refractivity contribution in [1.82, 2.24) is 4.57 Å². The molecule has 2 aromatic carbocycles. The quantitative estimate of drug-likeness (QED) is 0.413. The van der Waals surface area contributed by atoms with Gasteiger partial charge in [-0.25, -0.2) is 8.78 Å². The number of amidine groups is 1. The fourth-order valence-corrected chi connectivity index (χ4v) is 5.72. The largest absolute Gasteiger partial charge is 0.342 e. The highest BCUT2D eigenvalue weighted by atomic mass is 31.2. The van der Waals surface area contributed by atoms with Gasteiger partial charge >= 0.3 is 7.60 Å².